The largest absolute Gasteiger partial charge is 0.378 e. The Morgan fingerprint density at radius 2 is 2.24 bits per heavy atom. The molecule has 2 atom stereocenters. The minimum Gasteiger partial charge on any atom is -0.378 e. The molecular formula is C13H24N2O2. The van der Waals surface area contributed by atoms with E-state index in [4.69, 9.17) is 4.74 Å². The van der Waals surface area contributed by atoms with Gasteiger partial charge in [-0.1, -0.05) is 0 Å². The number of likely N-dealkylation sites (tertiary alicyclic amines) is 1. The monoisotopic (exact) mass is 240 g/mol. The molecule has 2 rings (SSSR count). The number of carbonyl (C=O) groups is 1. The van der Waals surface area contributed by atoms with Crippen LogP contribution in [0.3, 0.4) is 0 Å². The minimum atomic E-state index is 0.107. The molecule has 98 valence electrons. The van der Waals surface area contributed by atoms with Crippen molar-refractivity contribution in [2.45, 2.75) is 57.6 Å². The predicted octanol–water partition coefficient (Wildman–Crippen LogP) is 2.14. The summed E-state index contributed by atoms with van der Waals surface area (Å²) in [4.78, 5) is 13.9. The van der Waals surface area contributed by atoms with Gasteiger partial charge in [-0.05, 0) is 45.4 Å². The second-order valence-corrected chi connectivity index (χ2v) is 5.19. The molecule has 2 aliphatic heterocycles. The molecule has 0 aromatic rings. The van der Waals surface area contributed by atoms with Crippen LogP contribution in [0.1, 0.15) is 45.4 Å². The van der Waals surface area contributed by atoms with Crippen LogP contribution in [0.2, 0.25) is 0 Å². The van der Waals surface area contributed by atoms with Gasteiger partial charge in [0.2, 0.25) is 0 Å². The molecular weight excluding hydrogens is 216 g/mol. The van der Waals surface area contributed by atoms with Crippen molar-refractivity contribution in [3.05, 3.63) is 0 Å². The molecule has 0 spiro atoms. The molecule has 0 aromatic carbocycles. The third-order valence-electron chi connectivity index (χ3n) is 3.83. The van der Waals surface area contributed by atoms with E-state index in [9.17, 15) is 4.79 Å². The van der Waals surface area contributed by atoms with Gasteiger partial charge in [-0.15, -0.1) is 0 Å². The molecule has 2 aliphatic rings. The maximum Gasteiger partial charge on any atom is 0.317 e. The lowest BCUT2D eigenvalue weighted by Gasteiger charge is -2.33. The summed E-state index contributed by atoms with van der Waals surface area (Å²) in [7, 11) is 0. The summed E-state index contributed by atoms with van der Waals surface area (Å²) in [5.74, 6) is 0. The van der Waals surface area contributed by atoms with Crippen LogP contribution >= 0.6 is 0 Å². The van der Waals surface area contributed by atoms with Crippen molar-refractivity contribution in [2.24, 2.45) is 0 Å². The summed E-state index contributed by atoms with van der Waals surface area (Å²) in [5, 5.41) is 3.02. The van der Waals surface area contributed by atoms with E-state index in [1.54, 1.807) is 0 Å². The van der Waals surface area contributed by atoms with Gasteiger partial charge in [0, 0.05) is 25.7 Å². The third-order valence-corrected chi connectivity index (χ3v) is 3.83. The van der Waals surface area contributed by atoms with Gasteiger partial charge in [-0.2, -0.15) is 0 Å². The highest BCUT2D eigenvalue weighted by Gasteiger charge is 2.23. The number of amides is 2. The second kappa shape index (κ2) is 6.24. The fourth-order valence-electron chi connectivity index (χ4n) is 2.71. The summed E-state index contributed by atoms with van der Waals surface area (Å²) in [5.41, 5.74) is 0. The van der Waals surface area contributed by atoms with Gasteiger partial charge < -0.3 is 15.0 Å². The molecule has 2 heterocycles. The average molecular weight is 240 g/mol. The van der Waals surface area contributed by atoms with E-state index in [0.717, 1.165) is 45.4 Å². The molecule has 2 fully saturated rings. The van der Waals surface area contributed by atoms with Crippen molar-refractivity contribution in [1.29, 1.82) is 0 Å². The lowest BCUT2D eigenvalue weighted by molar-refractivity contribution is 0.103. The number of piperidine rings is 1. The van der Waals surface area contributed by atoms with Crippen molar-refractivity contribution in [2.75, 3.05) is 19.7 Å². The first-order valence-electron chi connectivity index (χ1n) is 6.93. The normalized spacial score (nSPS) is 29.4. The molecule has 4 nitrogen and oxygen atoms in total. The smallest absolute Gasteiger partial charge is 0.317 e. The number of urea groups is 1. The lowest BCUT2D eigenvalue weighted by atomic mass is 10.0. The summed E-state index contributed by atoms with van der Waals surface area (Å²) in [6.07, 6.45) is 7.17. The Kier molecular flexibility index (Phi) is 4.66. The van der Waals surface area contributed by atoms with Gasteiger partial charge in [0.05, 0.1) is 6.10 Å². The third kappa shape index (κ3) is 3.60. The summed E-state index contributed by atoms with van der Waals surface area (Å²) >= 11 is 0. The zero-order valence-corrected chi connectivity index (χ0v) is 10.8. The average Bonchev–Trinajstić information content (AvgIpc) is 2.82. The lowest BCUT2D eigenvalue weighted by Crippen LogP contribution is -2.47. The van der Waals surface area contributed by atoms with Gasteiger partial charge in [-0.25, -0.2) is 4.79 Å². The highest BCUT2D eigenvalue weighted by molar-refractivity contribution is 5.74. The van der Waals surface area contributed by atoms with Gasteiger partial charge in [-0.3, -0.25) is 0 Å². The zero-order valence-electron chi connectivity index (χ0n) is 10.8. The number of ether oxygens (including phenoxy) is 1. The Bertz CT molecular complexity index is 252. The van der Waals surface area contributed by atoms with Crippen LogP contribution < -0.4 is 5.32 Å². The first-order chi connectivity index (χ1) is 8.27. The maximum atomic E-state index is 12.0. The van der Waals surface area contributed by atoms with E-state index < -0.39 is 0 Å². The standard InChI is InChI=1S/C13H24N2O2/c1-11-5-2-3-9-15(11)13(16)14-8-7-12-6-4-10-17-12/h11-12H,2-10H2,1H3,(H,14,16)/t11-,12+/m1/s1. The van der Waals surface area contributed by atoms with Crippen molar-refractivity contribution in [3.63, 3.8) is 0 Å². The molecule has 17 heavy (non-hydrogen) atoms. The molecule has 0 aromatic heterocycles. The van der Waals surface area contributed by atoms with E-state index in [0.29, 0.717) is 12.1 Å². The first-order valence-corrected chi connectivity index (χ1v) is 6.93. The van der Waals surface area contributed by atoms with E-state index in [-0.39, 0.29) is 6.03 Å². The molecule has 2 saturated heterocycles. The van der Waals surface area contributed by atoms with Crippen LogP contribution in [0.25, 0.3) is 0 Å². The molecule has 2 amide bonds. The SMILES string of the molecule is C[C@@H]1CCCCN1C(=O)NCC[C@@H]1CCCO1. The Morgan fingerprint density at radius 1 is 1.35 bits per heavy atom. The van der Waals surface area contributed by atoms with E-state index in [1.807, 2.05) is 4.90 Å². The highest BCUT2D eigenvalue weighted by Crippen LogP contribution is 2.17. The molecule has 0 aliphatic carbocycles. The van der Waals surface area contributed by atoms with Crippen molar-refractivity contribution in [1.82, 2.24) is 10.2 Å². The number of nitrogens with one attached hydrogen (secondary N) is 1. The summed E-state index contributed by atoms with van der Waals surface area (Å²) < 4.78 is 5.54. The van der Waals surface area contributed by atoms with Crippen molar-refractivity contribution >= 4 is 6.03 Å². The molecule has 0 bridgehead atoms. The van der Waals surface area contributed by atoms with Gasteiger partial charge in [0.1, 0.15) is 0 Å². The van der Waals surface area contributed by atoms with Crippen LogP contribution in [-0.4, -0.2) is 42.8 Å². The Hall–Kier alpha value is -0.770. The van der Waals surface area contributed by atoms with Crippen LogP contribution in [0.15, 0.2) is 0 Å². The Balaban J connectivity index is 1.65. The zero-order chi connectivity index (χ0) is 12.1. The fourth-order valence-corrected chi connectivity index (χ4v) is 2.71. The van der Waals surface area contributed by atoms with Crippen LogP contribution in [0.4, 0.5) is 4.79 Å². The van der Waals surface area contributed by atoms with Gasteiger partial charge in [0.15, 0.2) is 0 Å². The minimum absolute atomic E-state index is 0.107. The first kappa shape index (κ1) is 12.7. The fraction of sp³-hybridized carbons (Fsp3) is 0.923. The van der Waals surface area contributed by atoms with E-state index in [1.165, 1.54) is 12.8 Å². The number of carbonyl (C=O) groups excluding carboxylic acids is 1. The molecule has 1 N–H and O–H groups in total. The quantitative estimate of drug-likeness (QED) is 0.821. The van der Waals surface area contributed by atoms with Crippen LogP contribution in [-0.2, 0) is 4.74 Å². The molecule has 0 radical (unpaired) electrons. The van der Waals surface area contributed by atoms with Gasteiger partial charge in [0.25, 0.3) is 0 Å². The summed E-state index contributed by atoms with van der Waals surface area (Å²) in [6.45, 7) is 4.68. The van der Waals surface area contributed by atoms with Crippen molar-refractivity contribution in [3.8, 4) is 0 Å². The van der Waals surface area contributed by atoms with Crippen molar-refractivity contribution < 1.29 is 9.53 Å². The van der Waals surface area contributed by atoms with Crippen LogP contribution in [0.5, 0.6) is 0 Å². The number of hydrogen-bond acceptors (Lipinski definition) is 2. The van der Waals surface area contributed by atoms with Crippen LogP contribution in [0, 0.1) is 0 Å². The number of rotatable bonds is 3. The maximum absolute atomic E-state index is 12.0. The Morgan fingerprint density at radius 3 is 2.94 bits per heavy atom. The number of nitrogens with zero attached hydrogens (tertiary/aromatic N) is 1. The topological polar surface area (TPSA) is 41.6 Å². The van der Waals surface area contributed by atoms with E-state index >= 15 is 0 Å². The molecule has 0 saturated carbocycles. The number of hydrogen-bond donors (Lipinski definition) is 1. The molecule has 0 unspecified atom stereocenters. The Labute approximate surface area is 104 Å². The highest BCUT2D eigenvalue weighted by atomic mass is 16.5. The van der Waals surface area contributed by atoms with Gasteiger partial charge >= 0.3 is 6.03 Å². The predicted molar refractivity (Wildman–Crippen MR) is 67.0 cm³/mol. The van der Waals surface area contributed by atoms with E-state index in [2.05, 4.69) is 12.2 Å². The second-order valence-electron chi connectivity index (χ2n) is 5.19. The summed E-state index contributed by atoms with van der Waals surface area (Å²) in [6, 6.07) is 0.502. The molecule has 4 heteroatoms.